The number of aliphatic hydroxyl groups excluding tert-OH is 3. The summed E-state index contributed by atoms with van der Waals surface area (Å²) < 4.78 is 63.3. The standard InChI is InChI=1S/C21H19F2N3O.2C20H18ClN3O.C20H20F2N4/c1-11-4-19-15(7-18(11)24-3)17(10-26(19)13-5-14(27)6-13)16-9-25-8-12(2)20(16)21(22)23;2*1-11-4-19-15(7-18(11)22-3)17(10-24(19)13-5-14(25)6-13)16-9-23-8-12(2)20(16)21;1-4-5-6-26-11-15(13-8-17(24-3)12(2)7-18(13)26)14-9-25-10-16(23)19(14)20(21)22/h4,7-10,13-14,21,27H,5-6H2,1-2H3;2*4,7-10,13-14,25H,5-6H2,1-2H3;7-11,20H,4-6,23H2,1-2H3. The number of nitrogens with two attached hydrogens (primary N) is 1. The van der Waals surface area contributed by atoms with Gasteiger partial charge in [-0.3, -0.25) is 19.9 Å². The van der Waals surface area contributed by atoms with Gasteiger partial charge in [-0.05, 0) is 202 Å². The molecule has 3 aliphatic rings. The Bertz CT molecular complexity index is 5310. The van der Waals surface area contributed by atoms with Gasteiger partial charge in [0, 0.05) is 165 Å². The van der Waals surface area contributed by atoms with Crippen LogP contribution in [0.3, 0.4) is 0 Å². The van der Waals surface area contributed by atoms with E-state index in [0.29, 0.717) is 73.5 Å². The highest BCUT2D eigenvalue weighted by Gasteiger charge is 2.34. The summed E-state index contributed by atoms with van der Waals surface area (Å²) in [6, 6.07) is 16.1. The summed E-state index contributed by atoms with van der Waals surface area (Å²) in [5.74, 6) is 0. The first-order chi connectivity index (χ1) is 49.4. The molecule has 22 heteroatoms. The number of aryl methyl sites for hydroxylation is 8. The van der Waals surface area contributed by atoms with Gasteiger partial charge in [-0.2, -0.15) is 0 Å². The molecule has 15 rings (SSSR count). The molecule has 0 aliphatic heterocycles. The SMILES string of the molecule is [C-]#[N+]c1cc2c(-c3cncc(C)c3C(F)F)cn(C3CC(O)C3)c2cc1C.[C-]#[N+]c1cc2c(-c3cncc(C)c3Cl)cn(C3CC(O)C3)c2cc1C.[C-]#[N+]c1cc2c(-c3cncc(C)c3Cl)cn(C3CC(O)C3)c2cc1C.[C-]#[N+]c1cc2c(-c3cncc(N)c3C(F)F)cn(CCCC)c2cc1C. The molecule has 12 aromatic rings. The lowest BCUT2D eigenvalue weighted by molar-refractivity contribution is 0.0500. The number of hydrogen-bond donors (Lipinski definition) is 4. The monoisotopic (exact) mass is 1420 g/mol. The topological polar surface area (TPSA) is 175 Å². The maximum atomic E-state index is 13.8. The number of fused-ring (bicyclic) bond motifs is 4. The second kappa shape index (κ2) is 29.9. The zero-order valence-corrected chi connectivity index (χ0v) is 59.6. The summed E-state index contributed by atoms with van der Waals surface area (Å²) in [6.45, 7) is 45.7. The van der Waals surface area contributed by atoms with Crippen molar-refractivity contribution in [1.82, 2.24) is 38.2 Å². The number of halogens is 6. The predicted octanol–water partition coefficient (Wildman–Crippen LogP) is 21.8. The van der Waals surface area contributed by atoms with Gasteiger partial charge in [0.25, 0.3) is 12.9 Å². The Labute approximate surface area is 604 Å². The van der Waals surface area contributed by atoms with E-state index in [2.05, 4.69) is 89.0 Å². The van der Waals surface area contributed by atoms with E-state index in [1.165, 1.54) is 24.8 Å². The first-order valence-electron chi connectivity index (χ1n) is 34.0. The molecule has 5 N–H and O–H groups in total. The normalized spacial score (nSPS) is 17.4. The molecular formula is C81H75Cl2F4N13O3. The lowest BCUT2D eigenvalue weighted by Crippen LogP contribution is -2.30. The molecule has 3 aliphatic carbocycles. The number of anilines is 1. The fourth-order valence-corrected chi connectivity index (χ4v) is 14.6. The van der Waals surface area contributed by atoms with Crippen LogP contribution in [0.15, 0.2) is 123 Å². The highest BCUT2D eigenvalue weighted by Crippen LogP contribution is 2.48. The molecule has 3 fully saturated rings. The van der Waals surface area contributed by atoms with Gasteiger partial charge in [-0.1, -0.05) is 36.5 Å². The molecule has 8 heterocycles. The van der Waals surface area contributed by atoms with Crippen LogP contribution >= 0.6 is 23.2 Å². The lowest BCUT2D eigenvalue weighted by Gasteiger charge is -2.33. The smallest absolute Gasteiger partial charge is 0.266 e. The quantitative estimate of drug-likeness (QED) is 0.0690. The lowest BCUT2D eigenvalue weighted by atomic mass is 9.89. The van der Waals surface area contributed by atoms with Crippen LogP contribution in [-0.4, -0.2) is 71.8 Å². The number of pyridine rings is 4. The van der Waals surface area contributed by atoms with Crippen LogP contribution < -0.4 is 5.73 Å². The molecule has 524 valence electrons. The van der Waals surface area contributed by atoms with Gasteiger partial charge in [0.2, 0.25) is 0 Å². The average Bonchev–Trinajstić information content (AvgIpc) is 1.62. The van der Waals surface area contributed by atoms with Crippen molar-refractivity contribution in [3.8, 4) is 44.5 Å². The fraction of sp³-hybridized carbons (Fsp3) is 0.309. The van der Waals surface area contributed by atoms with E-state index in [0.717, 1.165) is 144 Å². The van der Waals surface area contributed by atoms with Gasteiger partial charge in [0.15, 0.2) is 22.7 Å². The van der Waals surface area contributed by atoms with Gasteiger partial charge >= 0.3 is 0 Å². The minimum absolute atomic E-state index is 0.0236. The number of hydrogen-bond acceptors (Lipinski definition) is 8. The summed E-state index contributed by atoms with van der Waals surface area (Å²) in [4.78, 5) is 31.1. The predicted molar refractivity (Wildman–Crippen MR) is 401 cm³/mol. The first kappa shape index (κ1) is 72.4. The summed E-state index contributed by atoms with van der Waals surface area (Å²) in [6.07, 6.45) is 20.8. The highest BCUT2D eigenvalue weighted by atomic mass is 35.5. The second-order valence-corrected chi connectivity index (χ2v) is 27.9. The Balaban J connectivity index is 0.000000129. The molecule has 0 amide bonds. The van der Waals surface area contributed by atoms with Crippen LogP contribution in [-0.2, 0) is 6.54 Å². The van der Waals surface area contributed by atoms with Crippen LogP contribution in [0, 0.1) is 74.8 Å². The van der Waals surface area contributed by atoms with Crippen molar-refractivity contribution in [2.75, 3.05) is 5.73 Å². The maximum Gasteiger partial charge on any atom is 0.266 e. The Morgan fingerprint density at radius 2 is 0.738 bits per heavy atom. The third kappa shape index (κ3) is 13.9. The molecule has 16 nitrogen and oxygen atoms in total. The molecule has 0 unspecified atom stereocenters. The largest absolute Gasteiger partial charge is 0.397 e. The molecule has 0 radical (unpaired) electrons. The van der Waals surface area contributed by atoms with Crippen LogP contribution in [0.2, 0.25) is 10.0 Å². The highest BCUT2D eigenvalue weighted by molar-refractivity contribution is 6.35. The average molecular weight is 1430 g/mol. The van der Waals surface area contributed by atoms with Crippen molar-refractivity contribution in [3.63, 3.8) is 0 Å². The minimum Gasteiger partial charge on any atom is -0.397 e. The van der Waals surface area contributed by atoms with Crippen molar-refractivity contribution < 1.29 is 32.9 Å². The van der Waals surface area contributed by atoms with E-state index in [9.17, 15) is 32.9 Å². The summed E-state index contributed by atoms with van der Waals surface area (Å²) in [5.41, 5.74) is 23.5. The van der Waals surface area contributed by atoms with Crippen LogP contribution in [0.1, 0.15) is 139 Å². The fourth-order valence-electron chi connectivity index (χ4n) is 14.2. The van der Waals surface area contributed by atoms with Crippen LogP contribution in [0.25, 0.3) is 107 Å². The molecule has 8 aromatic heterocycles. The molecule has 0 bridgehead atoms. The molecule has 103 heavy (non-hydrogen) atoms. The molecular weight excluding hydrogens is 1350 g/mol. The van der Waals surface area contributed by atoms with Crippen LogP contribution in [0.5, 0.6) is 0 Å². The molecule has 0 spiro atoms. The molecule has 3 saturated carbocycles. The number of alkyl halides is 4. The van der Waals surface area contributed by atoms with Crippen molar-refractivity contribution in [3.05, 3.63) is 229 Å². The Morgan fingerprint density at radius 1 is 0.427 bits per heavy atom. The summed E-state index contributed by atoms with van der Waals surface area (Å²) >= 11 is 13.1. The zero-order valence-electron chi connectivity index (χ0n) is 58.1. The molecule has 0 atom stereocenters. The first-order valence-corrected chi connectivity index (χ1v) is 34.7. The minimum atomic E-state index is -2.70. The molecule has 4 aromatic carbocycles. The van der Waals surface area contributed by atoms with Gasteiger partial charge < -0.3 is 39.3 Å². The number of aliphatic hydroxyl groups is 3. The van der Waals surface area contributed by atoms with Crippen molar-refractivity contribution in [2.45, 2.75) is 163 Å². The number of unbranched alkanes of at least 4 members (excludes halogenated alkanes) is 1. The summed E-state index contributed by atoms with van der Waals surface area (Å²) in [5, 5.41) is 34.0. The number of nitrogen functional groups attached to an aromatic ring is 1. The Morgan fingerprint density at radius 3 is 1.09 bits per heavy atom. The Kier molecular flexibility index (Phi) is 21.0. The van der Waals surface area contributed by atoms with E-state index < -0.39 is 12.9 Å². The molecule has 0 saturated heterocycles. The third-order valence-electron chi connectivity index (χ3n) is 20.2. The van der Waals surface area contributed by atoms with E-state index in [1.54, 1.807) is 43.8 Å². The third-order valence-corrected chi connectivity index (χ3v) is 21.2. The number of benzene rings is 4. The van der Waals surface area contributed by atoms with E-state index >= 15 is 0 Å². The van der Waals surface area contributed by atoms with E-state index in [-0.39, 0.29) is 53.3 Å². The van der Waals surface area contributed by atoms with E-state index in [4.69, 9.17) is 55.2 Å². The van der Waals surface area contributed by atoms with E-state index in [1.807, 2.05) is 78.2 Å². The number of rotatable bonds is 12. The van der Waals surface area contributed by atoms with Gasteiger partial charge in [-0.25, -0.2) is 36.9 Å². The number of aromatic nitrogens is 8. The van der Waals surface area contributed by atoms with Crippen molar-refractivity contribution in [1.29, 1.82) is 0 Å². The van der Waals surface area contributed by atoms with Gasteiger partial charge in [0.05, 0.1) is 72.1 Å². The summed E-state index contributed by atoms with van der Waals surface area (Å²) in [7, 11) is 0. The zero-order chi connectivity index (χ0) is 73.6. The van der Waals surface area contributed by atoms with Gasteiger partial charge in [0.1, 0.15) is 0 Å². The second-order valence-electron chi connectivity index (χ2n) is 27.2. The maximum absolute atomic E-state index is 13.8. The number of nitrogens with zero attached hydrogens (tertiary/aromatic N) is 12. The Hall–Kier alpha value is -10.4. The van der Waals surface area contributed by atoms with Crippen molar-refractivity contribution >= 4 is 95.3 Å². The van der Waals surface area contributed by atoms with Crippen molar-refractivity contribution in [2.24, 2.45) is 0 Å². The van der Waals surface area contributed by atoms with Crippen LogP contribution in [0.4, 0.5) is 46.0 Å². The van der Waals surface area contributed by atoms with Gasteiger partial charge in [-0.15, -0.1) is 0 Å².